The van der Waals surface area contributed by atoms with E-state index in [4.69, 9.17) is 14.3 Å². The number of rotatable bonds is 9. The normalized spacial score (nSPS) is 20.6. The van der Waals surface area contributed by atoms with Crippen LogP contribution in [0.3, 0.4) is 0 Å². The van der Waals surface area contributed by atoms with Crippen molar-refractivity contribution in [1.82, 2.24) is 20.3 Å². The average molecular weight is 392 g/mol. The Morgan fingerprint density at radius 3 is 2.71 bits per heavy atom. The lowest BCUT2D eigenvalue weighted by Gasteiger charge is -2.36. The maximum absolute atomic E-state index is 6.05. The van der Waals surface area contributed by atoms with Crippen molar-refractivity contribution in [3.63, 3.8) is 0 Å². The fourth-order valence-electron chi connectivity index (χ4n) is 4.39. The molecule has 7 heteroatoms. The number of hydrogen-bond donors (Lipinski definition) is 1. The van der Waals surface area contributed by atoms with E-state index in [1.807, 2.05) is 6.07 Å². The van der Waals surface area contributed by atoms with Crippen LogP contribution in [0.4, 0.5) is 0 Å². The first-order valence-corrected chi connectivity index (χ1v) is 11.1. The molecule has 1 unspecified atom stereocenters. The van der Waals surface area contributed by atoms with Gasteiger partial charge in [0.2, 0.25) is 0 Å². The summed E-state index contributed by atoms with van der Waals surface area (Å²) in [5, 5.41) is 7.50. The second kappa shape index (κ2) is 11.4. The van der Waals surface area contributed by atoms with Crippen molar-refractivity contribution in [2.75, 3.05) is 45.9 Å². The van der Waals surface area contributed by atoms with Gasteiger partial charge < -0.3 is 19.5 Å². The lowest BCUT2D eigenvalue weighted by Crippen LogP contribution is -2.52. The summed E-state index contributed by atoms with van der Waals surface area (Å²) in [6.07, 6.45) is 8.40. The fourth-order valence-corrected chi connectivity index (χ4v) is 4.39. The molecule has 0 spiro atoms. The van der Waals surface area contributed by atoms with Gasteiger partial charge in [-0.1, -0.05) is 18.0 Å². The Balaban J connectivity index is 1.48. The van der Waals surface area contributed by atoms with Crippen LogP contribution in [0.25, 0.3) is 0 Å². The van der Waals surface area contributed by atoms with Crippen LogP contribution in [0.15, 0.2) is 21.8 Å². The van der Waals surface area contributed by atoms with Crippen LogP contribution in [-0.2, 0) is 11.3 Å². The van der Waals surface area contributed by atoms with E-state index in [0.717, 1.165) is 76.4 Å². The van der Waals surface area contributed by atoms with Crippen LogP contribution in [0.1, 0.15) is 51.6 Å². The van der Waals surface area contributed by atoms with Crippen molar-refractivity contribution >= 4 is 5.96 Å². The molecule has 0 radical (unpaired) electrons. The standard InChI is InChI=1S/C21H37N5O2/c1-3-22-21(23-11-9-20(27-4-2)18-7-5-6-8-18)26-14-12-25(13-15-26)17-19-10-16-28-24-19/h10,16,18,20H,3-9,11-15,17H2,1-2H3,(H,22,23). The van der Waals surface area contributed by atoms with Gasteiger partial charge in [-0.25, -0.2) is 0 Å². The minimum Gasteiger partial charge on any atom is -0.378 e. The molecular weight excluding hydrogens is 354 g/mol. The second-order valence-electron chi connectivity index (χ2n) is 7.82. The number of nitrogens with one attached hydrogen (secondary N) is 1. The van der Waals surface area contributed by atoms with Crippen LogP contribution in [0.5, 0.6) is 0 Å². The van der Waals surface area contributed by atoms with Crippen LogP contribution in [-0.4, -0.2) is 72.9 Å². The van der Waals surface area contributed by atoms with Crippen LogP contribution < -0.4 is 5.32 Å². The molecule has 2 fully saturated rings. The number of guanidine groups is 1. The number of nitrogens with zero attached hydrogens (tertiary/aromatic N) is 4. The molecule has 1 aromatic heterocycles. The largest absolute Gasteiger partial charge is 0.378 e. The molecule has 7 nitrogen and oxygen atoms in total. The van der Waals surface area contributed by atoms with Gasteiger partial charge in [0.15, 0.2) is 5.96 Å². The van der Waals surface area contributed by atoms with E-state index < -0.39 is 0 Å². The molecule has 1 aliphatic carbocycles. The summed E-state index contributed by atoms with van der Waals surface area (Å²) in [6, 6.07) is 1.94. The van der Waals surface area contributed by atoms with Gasteiger partial charge in [-0.15, -0.1) is 0 Å². The summed E-state index contributed by atoms with van der Waals surface area (Å²) in [7, 11) is 0. The van der Waals surface area contributed by atoms with Gasteiger partial charge in [-0.05, 0) is 39.0 Å². The molecular formula is C21H37N5O2. The molecule has 3 rings (SSSR count). The summed E-state index contributed by atoms with van der Waals surface area (Å²) >= 11 is 0. The number of aliphatic imine (C=N–C) groups is 1. The average Bonchev–Trinajstić information content (AvgIpc) is 3.41. The van der Waals surface area contributed by atoms with Gasteiger partial charge in [0.05, 0.1) is 11.8 Å². The molecule has 1 saturated heterocycles. The summed E-state index contributed by atoms with van der Waals surface area (Å²) in [4.78, 5) is 9.74. The van der Waals surface area contributed by atoms with Crippen molar-refractivity contribution in [1.29, 1.82) is 0 Å². The van der Waals surface area contributed by atoms with Crippen LogP contribution >= 0.6 is 0 Å². The maximum Gasteiger partial charge on any atom is 0.194 e. The van der Waals surface area contributed by atoms with E-state index in [-0.39, 0.29) is 0 Å². The third-order valence-electron chi connectivity index (χ3n) is 5.87. The van der Waals surface area contributed by atoms with Gasteiger partial charge in [-0.2, -0.15) is 0 Å². The number of aromatic nitrogens is 1. The van der Waals surface area contributed by atoms with E-state index in [1.54, 1.807) is 6.26 Å². The quantitative estimate of drug-likeness (QED) is 0.516. The van der Waals surface area contributed by atoms with Gasteiger partial charge in [-0.3, -0.25) is 9.89 Å². The Morgan fingerprint density at radius 2 is 2.07 bits per heavy atom. The van der Waals surface area contributed by atoms with Crippen molar-refractivity contribution in [2.24, 2.45) is 10.9 Å². The molecule has 1 saturated carbocycles. The molecule has 28 heavy (non-hydrogen) atoms. The van der Waals surface area contributed by atoms with Gasteiger partial charge in [0.1, 0.15) is 6.26 Å². The first kappa shape index (κ1) is 21.1. The van der Waals surface area contributed by atoms with Crippen molar-refractivity contribution < 1.29 is 9.26 Å². The Labute approximate surface area is 169 Å². The summed E-state index contributed by atoms with van der Waals surface area (Å²) < 4.78 is 11.0. The summed E-state index contributed by atoms with van der Waals surface area (Å²) in [5.74, 6) is 1.78. The van der Waals surface area contributed by atoms with Gasteiger partial charge in [0, 0.05) is 58.5 Å². The minimum atomic E-state index is 0.374. The molecule has 0 bridgehead atoms. The highest BCUT2D eigenvalue weighted by Crippen LogP contribution is 2.30. The number of ether oxygens (including phenoxy) is 1. The van der Waals surface area contributed by atoms with E-state index in [0.29, 0.717) is 6.10 Å². The highest BCUT2D eigenvalue weighted by molar-refractivity contribution is 5.80. The van der Waals surface area contributed by atoms with E-state index >= 15 is 0 Å². The Morgan fingerprint density at radius 1 is 1.29 bits per heavy atom. The molecule has 1 aliphatic heterocycles. The first-order valence-electron chi connectivity index (χ1n) is 11.1. The van der Waals surface area contributed by atoms with Crippen molar-refractivity contribution in [3.05, 3.63) is 18.0 Å². The third-order valence-corrected chi connectivity index (χ3v) is 5.87. The Kier molecular flexibility index (Phi) is 8.61. The Bertz CT molecular complexity index is 563. The van der Waals surface area contributed by atoms with Crippen LogP contribution in [0, 0.1) is 5.92 Å². The smallest absolute Gasteiger partial charge is 0.194 e. The van der Waals surface area contributed by atoms with E-state index in [1.165, 1.54) is 25.7 Å². The SMILES string of the molecule is CCNC(=NCCC(OCC)C1CCCC1)N1CCN(Cc2ccon2)CC1. The predicted octanol–water partition coefficient (Wildman–Crippen LogP) is 2.74. The predicted molar refractivity (Wildman–Crippen MR) is 111 cm³/mol. The zero-order valence-electron chi connectivity index (χ0n) is 17.6. The highest BCUT2D eigenvalue weighted by atomic mass is 16.5. The molecule has 2 heterocycles. The number of hydrogen-bond acceptors (Lipinski definition) is 5. The monoisotopic (exact) mass is 391 g/mol. The number of piperazine rings is 1. The highest BCUT2D eigenvalue weighted by Gasteiger charge is 2.25. The molecule has 1 atom stereocenters. The molecule has 2 aliphatic rings. The third kappa shape index (κ3) is 6.21. The zero-order chi connectivity index (χ0) is 19.6. The van der Waals surface area contributed by atoms with Crippen molar-refractivity contribution in [2.45, 2.75) is 58.6 Å². The summed E-state index contributed by atoms with van der Waals surface area (Å²) in [6.45, 7) is 11.6. The maximum atomic E-state index is 6.05. The minimum absolute atomic E-state index is 0.374. The molecule has 158 valence electrons. The molecule has 0 aromatic carbocycles. The molecule has 1 aromatic rings. The van der Waals surface area contributed by atoms with Gasteiger partial charge >= 0.3 is 0 Å². The lowest BCUT2D eigenvalue weighted by atomic mass is 9.98. The van der Waals surface area contributed by atoms with E-state index in [9.17, 15) is 0 Å². The molecule has 1 N–H and O–H groups in total. The van der Waals surface area contributed by atoms with Crippen LogP contribution in [0.2, 0.25) is 0 Å². The molecule has 0 amide bonds. The fraction of sp³-hybridized carbons (Fsp3) is 0.810. The Hall–Kier alpha value is -1.60. The first-order chi connectivity index (χ1) is 13.8. The van der Waals surface area contributed by atoms with E-state index in [2.05, 4.69) is 34.1 Å². The second-order valence-corrected chi connectivity index (χ2v) is 7.82. The zero-order valence-corrected chi connectivity index (χ0v) is 17.6. The lowest BCUT2D eigenvalue weighted by molar-refractivity contribution is 0.0177. The van der Waals surface area contributed by atoms with Gasteiger partial charge in [0.25, 0.3) is 0 Å². The topological polar surface area (TPSA) is 66.1 Å². The summed E-state index contributed by atoms with van der Waals surface area (Å²) in [5.41, 5.74) is 1.00. The van der Waals surface area contributed by atoms with Crippen molar-refractivity contribution in [3.8, 4) is 0 Å².